The molecule has 2 saturated heterocycles. The Morgan fingerprint density at radius 3 is 2.38 bits per heavy atom. The molecule has 0 bridgehead atoms. The zero-order valence-electron chi connectivity index (χ0n) is 33.6. The predicted octanol–water partition coefficient (Wildman–Crippen LogP) is 2.35. The zero-order chi connectivity index (χ0) is 43.0. The van der Waals surface area contributed by atoms with Gasteiger partial charge in [0.25, 0.3) is 23.3 Å². The molecule has 3 N–H and O–H groups in total. The van der Waals surface area contributed by atoms with Crippen LogP contribution in [0.5, 0.6) is 11.5 Å². The highest BCUT2D eigenvalue weighted by molar-refractivity contribution is 6.33. The minimum Gasteiger partial charge on any atom is -0.491 e. The Labute approximate surface area is 354 Å². The molecule has 0 aliphatic carbocycles. The van der Waals surface area contributed by atoms with Gasteiger partial charge in [0, 0.05) is 44.7 Å². The molecule has 1 unspecified atom stereocenters. The summed E-state index contributed by atoms with van der Waals surface area (Å²) < 4.78 is 30.0. The molecular formula is C41H45ClN8O11. The van der Waals surface area contributed by atoms with Crippen molar-refractivity contribution in [1.82, 2.24) is 30.1 Å². The maximum Gasteiger partial charge on any atom is 0.293 e. The molecule has 322 valence electrons. The van der Waals surface area contributed by atoms with E-state index in [1.807, 2.05) is 12.1 Å². The molecule has 4 aromatic rings. The highest BCUT2D eigenvalue weighted by Gasteiger charge is 2.44. The average Bonchev–Trinajstić information content (AvgIpc) is 3.50. The summed E-state index contributed by atoms with van der Waals surface area (Å²) in [7, 11) is 3.13. The number of imide groups is 2. The summed E-state index contributed by atoms with van der Waals surface area (Å²) in [5, 5.41) is 8.96. The summed E-state index contributed by atoms with van der Waals surface area (Å²) in [5.74, 6) is -1.21. The highest BCUT2D eigenvalue weighted by Crippen LogP contribution is 2.31. The first-order valence-electron chi connectivity index (χ1n) is 19.8. The van der Waals surface area contributed by atoms with Gasteiger partial charge in [0.1, 0.15) is 23.4 Å². The van der Waals surface area contributed by atoms with Crippen molar-refractivity contribution in [3.8, 4) is 11.5 Å². The van der Waals surface area contributed by atoms with E-state index in [2.05, 4.69) is 25.8 Å². The Hall–Kier alpha value is -6.15. The van der Waals surface area contributed by atoms with E-state index in [1.165, 1.54) is 23.7 Å². The molecule has 0 saturated carbocycles. The van der Waals surface area contributed by atoms with Gasteiger partial charge in [0.15, 0.2) is 18.2 Å². The van der Waals surface area contributed by atoms with Crippen LogP contribution in [0.15, 0.2) is 53.5 Å². The second-order valence-corrected chi connectivity index (χ2v) is 14.8. The molecule has 7 rings (SSSR count). The number of anilines is 3. The van der Waals surface area contributed by atoms with Crippen LogP contribution in [0, 0.1) is 0 Å². The summed E-state index contributed by atoms with van der Waals surface area (Å²) >= 11 is 6.49. The monoisotopic (exact) mass is 860 g/mol. The van der Waals surface area contributed by atoms with Crippen LogP contribution in [0.25, 0.3) is 10.9 Å². The minimum atomic E-state index is -1.03. The van der Waals surface area contributed by atoms with Crippen LogP contribution in [-0.4, -0.2) is 128 Å². The third-order valence-corrected chi connectivity index (χ3v) is 10.7. The van der Waals surface area contributed by atoms with Crippen LogP contribution < -0.4 is 35.9 Å². The number of ether oxygens (including phenoxy) is 5. The van der Waals surface area contributed by atoms with Crippen LogP contribution in [0.3, 0.4) is 0 Å². The van der Waals surface area contributed by atoms with Gasteiger partial charge in [-0.2, -0.15) is 4.98 Å². The van der Waals surface area contributed by atoms with Crippen molar-refractivity contribution in [2.75, 3.05) is 76.6 Å². The molecule has 19 nitrogen and oxygen atoms in total. The first-order chi connectivity index (χ1) is 29.5. The van der Waals surface area contributed by atoms with Crippen molar-refractivity contribution in [1.29, 1.82) is 0 Å². The van der Waals surface area contributed by atoms with E-state index >= 15 is 0 Å². The molecule has 0 spiro atoms. The number of rotatable bonds is 18. The summed E-state index contributed by atoms with van der Waals surface area (Å²) in [6, 6.07) is 10.6. The van der Waals surface area contributed by atoms with Crippen LogP contribution >= 0.6 is 11.6 Å². The van der Waals surface area contributed by atoms with Crippen molar-refractivity contribution in [3.05, 3.63) is 75.2 Å². The quantitative estimate of drug-likeness (QED) is 0.0966. The van der Waals surface area contributed by atoms with E-state index in [-0.39, 0.29) is 67.1 Å². The maximum absolute atomic E-state index is 13.0. The smallest absolute Gasteiger partial charge is 0.293 e. The lowest BCUT2D eigenvalue weighted by atomic mass is 10.0. The molecule has 0 radical (unpaired) electrons. The van der Waals surface area contributed by atoms with Crippen LogP contribution in [0.1, 0.15) is 46.4 Å². The van der Waals surface area contributed by atoms with Gasteiger partial charge in [-0.05, 0) is 61.7 Å². The number of benzene rings is 2. The molecule has 5 heterocycles. The number of aryl methyl sites for hydroxylation is 1. The van der Waals surface area contributed by atoms with Gasteiger partial charge >= 0.3 is 0 Å². The lowest BCUT2D eigenvalue weighted by molar-refractivity contribution is -0.136. The second-order valence-electron chi connectivity index (χ2n) is 14.4. The number of aromatic nitrogens is 3. The molecule has 20 heteroatoms. The Morgan fingerprint density at radius 2 is 1.62 bits per heavy atom. The van der Waals surface area contributed by atoms with Crippen LogP contribution in [-0.2, 0) is 35.6 Å². The fourth-order valence-corrected chi connectivity index (χ4v) is 7.30. The number of pyridine rings is 1. The number of carbonyl (C=O) groups excluding carboxylic acids is 5. The Balaban J connectivity index is 0.781. The van der Waals surface area contributed by atoms with Crippen LogP contribution in [0.2, 0.25) is 5.02 Å². The number of amides is 5. The van der Waals surface area contributed by atoms with Crippen LogP contribution in [0.4, 0.5) is 17.5 Å². The fourth-order valence-electron chi connectivity index (χ4n) is 7.16. The normalized spacial score (nSPS) is 16.8. The number of nitrogens with one attached hydrogen (secondary N) is 3. The number of halogens is 1. The van der Waals surface area contributed by atoms with Crippen molar-refractivity contribution >= 4 is 69.5 Å². The Bertz CT molecular complexity index is 2390. The molecule has 5 amide bonds. The van der Waals surface area contributed by atoms with Gasteiger partial charge in [0.2, 0.25) is 17.8 Å². The Morgan fingerprint density at radius 1 is 0.885 bits per heavy atom. The van der Waals surface area contributed by atoms with Crippen molar-refractivity contribution < 1.29 is 47.7 Å². The van der Waals surface area contributed by atoms with E-state index < -0.39 is 29.7 Å². The van der Waals surface area contributed by atoms with Gasteiger partial charge < -0.3 is 43.8 Å². The summed E-state index contributed by atoms with van der Waals surface area (Å²) in [5.41, 5.74) is 1.34. The van der Waals surface area contributed by atoms with Gasteiger partial charge in [-0.1, -0.05) is 11.6 Å². The number of likely N-dealkylation sites (N-methyl/N-ethyl adjacent to an activating group) is 1. The third-order valence-electron chi connectivity index (χ3n) is 10.4. The zero-order valence-corrected chi connectivity index (χ0v) is 34.3. The number of fused-ring (bicyclic) bond motifs is 2. The number of hydrogen-bond acceptors (Lipinski definition) is 15. The van der Waals surface area contributed by atoms with E-state index in [9.17, 15) is 28.8 Å². The molecule has 3 aliphatic heterocycles. The molecule has 3 aliphatic rings. The van der Waals surface area contributed by atoms with Crippen molar-refractivity contribution in [3.63, 3.8) is 0 Å². The number of carbonyl (C=O) groups is 5. The molecule has 2 aromatic heterocycles. The average molecular weight is 861 g/mol. The molecule has 2 fully saturated rings. The summed E-state index contributed by atoms with van der Waals surface area (Å²) in [6.45, 7) is 3.11. The first kappa shape index (κ1) is 43.0. The molecule has 1 atom stereocenters. The second kappa shape index (κ2) is 19.5. The Kier molecular flexibility index (Phi) is 13.7. The first-order valence-corrected chi connectivity index (χ1v) is 20.2. The largest absolute Gasteiger partial charge is 0.491 e. The topological polar surface area (TPSA) is 222 Å². The third kappa shape index (κ3) is 10.1. The van der Waals surface area contributed by atoms with E-state index in [4.69, 9.17) is 40.3 Å². The lowest BCUT2D eigenvalue weighted by Gasteiger charge is -2.32. The number of nitrogens with zero attached hydrogens (tertiary/aromatic N) is 5. The van der Waals surface area contributed by atoms with Gasteiger partial charge in [-0.3, -0.25) is 39.0 Å². The summed E-state index contributed by atoms with van der Waals surface area (Å²) in [4.78, 5) is 86.3. The van der Waals surface area contributed by atoms with Gasteiger partial charge in [-0.15, -0.1) is 0 Å². The van der Waals surface area contributed by atoms with Crippen molar-refractivity contribution in [2.24, 2.45) is 7.05 Å². The fraction of sp³-hybridized carbons (Fsp3) is 0.415. The SMILES string of the molecule is CNC(=O)COc1cc2cc(Nc3nc(N4CCC(OCCOCCOCCOc5ccc6c(c5)C(=O)N(C5CCC(=O)NC5=O)C6=O)CC4)ncc3Cl)ccc2n(C)c1=O. The lowest BCUT2D eigenvalue weighted by Crippen LogP contribution is -2.54. The number of hydrogen-bond donors (Lipinski definition) is 3. The van der Waals surface area contributed by atoms with Gasteiger partial charge in [-0.25, -0.2) is 4.98 Å². The van der Waals surface area contributed by atoms with Crippen molar-refractivity contribution in [2.45, 2.75) is 37.8 Å². The predicted molar refractivity (Wildman–Crippen MR) is 221 cm³/mol. The highest BCUT2D eigenvalue weighted by atomic mass is 35.5. The minimum absolute atomic E-state index is 0.0507. The number of piperidine rings is 2. The van der Waals surface area contributed by atoms with E-state index in [1.54, 1.807) is 31.4 Å². The molecular weight excluding hydrogens is 816 g/mol. The maximum atomic E-state index is 13.0. The van der Waals surface area contributed by atoms with Gasteiger partial charge in [0.05, 0.1) is 62.0 Å². The molecule has 61 heavy (non-hydrogen) atoms. The van der Waals surface area contributed by atoms with E-state index in [0.29, 0.717) is 78.6 Å². The molecule has 2 aromatic carbocycles. The van der Waals surface area contributed by atoms with E-state index in [0.717, 1.165) is 17.7 Å². The standard InChI is InChI=1S/C41H45ClN8O11/c1-43-35(52)23-61-33-20-24-19-25(3-6-31(24)48(2)40(33)56)45-36-30(42)22-44-41(47-36)49-11-9-26(10-12-49)59-17-15-57-13-14-58-16-18-60-27-4-5-28-29(21-27)39(55)50(38(28)54)32-7-8-34(51)46-37(32)53/h3-6,19-22,26,32H,7-18,23H2,1-2H3,(H,43,52)(H,44,45,47)(H,46,51,53). The summed E-state index contributed by atoms with van der Waals surface area (Å²) in [6.07, 6.45) is 3.31.